The summed E-state index contributed by atoms with van der Waals surface area (Å²) in [6, 6.07) is 18.5. The van der Waals surface area contributed by atoms with E-state index < -0.39 is 5.60 Å². The van der Waals surface area contributed by atoms with Crippen molar-refractivity contribution >= 4 is 5.78 Å². The zero-order valence-corrected chi connectivity index (χ0v) is 14.4. The van der Waals surface area contributed by atoms with Crippen molar-refractivity contribution in [2.45, 2.75) is 38.3 Å². The molecule has 1 unspecified atom stereocenters. The van der Waals surface area contributed by atoms with Crippen LogP contribution in [0.2, 0.25) is 0 Å². The molecule has 126 valence electrons. The van der Waals surface area contributed by atoms with Crippen LogP contribution in [0, 0.1) is 0 Å². The van der Waals surface area contributed by atoms with E-state index in [0.29, 0.717) is 5.56 Å². The Morgan fingerprint density at radius 2 is 1.50 bits per heavy atom. The fourth-order valence-electron chi connectivity index (χ4n) is 3.42. The first-order valence-electron chi connectivity index (χ1n) is 8.63. The molecule has 1 aliphatic heterocycles. The average Bonchev–Trinajstić information content (AvgIpc) is 3.09. The molecule has 0 radical (unpaired) electrons. The Labute approximate surface area is 143 Å². The molecule has 3 heteroatoms. The summed E-state index contributed by atoms with van der Waals surface area (Å²) in [6.45, 7) is 5.26. The van der Waals surface area contributed by atoms with Gasteiger partial charge in [0.05, 0.1) is 6.04 Å². The van der Waals surface area contributed by atoms with Crippen LogP contribution in [0.5, 0.6) is 0 Å². The van der Waals surface area contributed by atoms with E-state index in [1.807, 2.05) is 30.3 Å². The first-order valence-corrected chi connectivity index (χ1v) is 8.63. The largest absolute Gasteiger partial charge is 0.382 e. The van der Waals surface area contributed by atoms with Crippen molar-refractivity contribution in [2.24, 2.45) is 0 Å². The number of hydrogen-bond acceptors (Lipinski definition) is 3. The van der Waals surface area contributed by atoms with Gasteiger partial charge in [0.2, 0.25) is 0 Å². The van der Waals surface area contributed by atoms with Gasteiger partial charge in [-0.25, -0.2) is 0 Å². The molecule has 0 bridgehead atoms. The lowest BCUT2D eigenvalue weighted by Gasteiger charge is -2.28. The Kier molecular flexibility index (Phi) is 4.83. The number of carbonyl (C=O) groups excluding carboxylic acids is 1. The smallest absolute Gasteiger partial charge is 0.193 e. The lowest BCUT2D eigenvalue weighted by atomic mass is 9.93. The normalized spacial score (nSPS) is 17.0. The van der Waals surface area contributed by atoms with Gasteiger partial charge in [-0.15, -0.1) is 0 Å². The highest BCUT2D eigenvalue weighted by molar-refractivity contribution is 6.01. The van der Waals surface area contributed by atoms with Gasteiger partial charge in [-0.3, -0.25) is 9.69 Å². The summed E-state index contributed by atoms with van der Waals surface area (Å²) >= 11 is 0. The van der Waals surface area contributed by atoms with Crippen molar-refractivity contribution in [3.05, 3.63) is 71.3 Å². The Bertz CT molecular complexity index is 680. The number of Topliss-reactive ketones (excluding diaryl/α,β-unsaturated/α-hetero) is 1. The van der Waals surface area contributed by atoms with Crippen molar-refractivity contribution in [3.63, 3.8) is 0 Å². The van der Waals surface area contributed by atoms with E-state index >= 15 is 0 Å². The number of nitrogens with zero attached hydrogens (tertiary/aromatic N) is 1. The summed E-state index contributed by atoms with van der Waals surface area (Å²) in [5.74, 6) is -0.244. The molecule has 1 heterocycles. The maximum atomic E-state index is 12.2. The number of ketones is 1. The van der Waals surface area contributed by atoms with Crippen LogP contribution in [-0.4, -0.2) is 34.5 Å². The molecule has 0 amide bonds. The molecule has 3 rings (SSSR count). The molecule has 1 atom stereocenters. The third-order valence-electron chi connectivity index (χ3n) is 4.67. The topological polar surface area (TPSA) is 40.5 Å². The van der Waals surface area contributed by atoms with Crippen LogP contribution in [0.25, 0.3) is 0 Å². The lowest BCUT2D eigenvalue weighted by Crippen LogP contribution is -2.31. The molecule has 2 aromatic carbocycles. The van der Waals surface area contributed by atoms with E-state index in [1.165, 1.54) is 37.8 Å². The summed E-state index contributed by atoms with van der Waals surface area (Å²) in [5, 5.41) is 9.91. The van der Waals surface area contributed by atoms with Crippen molar-refractivity contribution in [1.29, 1.82) is 0 Å². The van der Waals surface area contributed by atoms with E-state index in [-0.39, 0.29) is 11.8 Å². The Morgan fingerprint density at radius 1 is 0.958 bits per heavy atom. The molecule has 24 heavy (non-hydrogen) atoms. The van der Waals surface area contributed by atoms with E-state index in [9.17, 15) is 9.90 Å². The molecule has 1 aliphatic rings. The van der Waals surface area contributed by atoms with Crippen LogP contribution in [-0.2, 0) is 0 Å². The van der Waals surface area contributed by atoms with Crippen molar-refractivity contribution in [2.75, 3.05) is 13.1 Å². The molecule has 1 fully saturated rings. The van der Waals surface area contributed by atoms with Crippen LogP contribution < -0.4 is 0 Å². The fourth-order valence-corrected chi connectivity index (χ4v) is 3.42. The van der Waals surface area contributed by atoms with Crippen LogP contribution in [0.4, 0.5) is 0 Å². The van der Waals surface area contributed by atoms with Crippen molar-refractivity contribution in [1.82, 2.24) is 4.90 Å². The molecular formula is C21H25NO2. The summed E-state index contributed by atoms with van der Waals surface area (Å²) in [6.07, 6.45) is 2.47. The van der Waals surface area contributed by atoms with Crippen molar-refractivity contribution < 1.29 is 9.90 Å². The van der Waals surface area contributed by atoms with Crippen LogP contribution in [0.1, 0.15) is 54.2 Å². The zero-order chi connectivity index (χ0) is 17.2. The number of carbonyl (C=O) groups is 1. The predicted molar refractivity (Wildman–Crippen MR) is 96.2 cm³/mol. The average molecular weight is 323 g/mol. The Balaban J connectivity index is 1.92. The van der Waals surface area contributed by atoms with E-state index in [0.717, 1.165) is 13.1 Å². The van der Waals surface area contributed by atoms with Crippen molar-refractivity contribution in [3.8, 4) is 0 Å². The highest BCUT2D eigenvalue weighted by Crippen LogP contribution is 2.31. The van der Waals surface area contributed by atoms with Gasteiger partial charge in [0.1, 0.15) is 5.60 Å². The molecule has 1 saturated heterocycles. The Morgan fingerprint density at radius 3 is 2.04 bits per heavy atom. The van der Waals surface area contributed by atoms with E-state index in [1.54, 1.807) is 0 Å². The molecule has 3 nitrogen and oxygen atoms in total. The lowest BCUT2D eigenvalue weighted by molar-refractivity contribution is 0.0488. The first-order chi connectivity index (χ1) is 11.5. The number of likely N-dealkylation sites (tertiary alicyclic amines) is 1. The van der Waals surface area contributed by atoms with Gasteiger partial charge in [-0.2, -0.15) is 0 Å². The van der Waals surface area contributed by atoms with E-state index in [4.69, 9.17) is 0 Å². The molecule has 1 N–H and O–H groups in total. The molecule has 0 aromatic heterocycles. The molecule has 0 saturated carbocycles. The minimum Gasteiger partial charge on any atom is -0.382 e. The second kappa shape index (κ2) is 6.88. The van der Waals surface area contributed by atoms with Crippen LogP contribution in [0.15, 0.2) is 54.6 Å². The van der Waals surface area contributed by atoms with Gasteiger partial charge in [0.25, 0.3) is 0 Å². The number of rotatable bonds is 5. The SMILES string of the molecule is CC(C)(O)C(=O)c1ccc(C(c2ccccc2)N2CCCC2)cc1. The second-order valence-corrected chi connectivity index (χ2v) is 7.07. The molecule has 0 spiro atoms. The highest BCUT2D eigenvalue weighted by Gasteiger charge is 2.27. The van der Waals surface area contributed by atoms with E-state index in [2.05, 4.69) is 29.2 Å². The van der Waals surface area contributed by atoms with Gasteiger partial charge in [-0.05, 0) is 50.9 Å². The number of aliphatic hydroxyl groups is 1. The van der Waals surface area contributed by atoms with Crippen LogP contribution >= 0.6 is 0 Å². The minimum atomic E-state index is -1.34. The monoisotopic (exact) mass is 323 g/mol. The third-order valence-corrected chi connectivity index (χ3v) is 4.67. The second-order valence-electron chi connectivity index (χ2n) is 7.07. The molecular weight excluding hydrogens is 298 g/mol. The van der Waals surface area contributed by atoms with Gasteiger partial charge < -0.3 is 5.11 Å². The van der Waals surface area contributed by atoms with Gasteiger partial charge in [-0.1, -0.05) is 54.6 Å². The highest BCUT2D eigenvalue weighted by atomic mass is 16.3. The Hall–Kier alpha value is -1.97. The summed E-state index contributed by atoms with van der Waals surface area (Å²) in [7, 11) is 0. The number of hydrogen-bond donors (Lipinski definition) is 1. The van der Waals surface area contributed by atoms with Gasteiger partial charge in [0, 0.05) is 5.56 Å². The first kappa shape index (κ1) is 16.9. The molecule has 2 aromatic rings. The fraction of sp³-hybridized carbons (Fsp3) is 0.381. The minimum absolute atomic E-state index is 0.222. The zero-order valence-electron chi connectivity index (χ0n) is 14.4. The maximum absolute atomic E-state index is 12.2. The summed E-state index contributed by atoms with van der Waals surface area (Å²) in [4.78, 5) is 14.7. The molecule has 0 aliphatic carbocycles. The maximum Gasteiger partial charge on any atom is 0.193 e. The van der Waals surface area contributed by atoms with Gasteiger partial charge >= 0.3 is 0 Å². The van der Waals surface area contributed by atoms with Gasteiger partial charge in [0.15, 0.2) is 5.78 Å². The summed E-state index contributed by atoms with van der Waals surface area (Å²) in [5.41, 5.74) is 1.69. The summed E-state index contributed by atoms with van der Waals surface area (Å²) < 4.78 is 0. The van der Waals surface area contributed by atoms with Crippen LogP contribution in [0.3, 0.4) is 0 Å². The standard InChI is InChI=1S/C21H25NO2/c1-21(2,24)20(23)18-12-10-17(11-13-18)19(22-14-6-7-15-22)16-8-4-3-5-9-16/h3-5,8-13,19,24H,6-7,14-15H2,1-2H3. The predicted octanol–water partition coefficient (Wildman–Crippen LogP) is 3.83. The number of benzene rings is 2. The third kappa shape index (κ3) is 3.58. The quantitative estimate of drug-likeness (QED) is 0.850.